The largest absolute Gasteiger partial charge is 0.378 e. The van der Waals surface area contributed by atoms with Gasteiger partial charge in [-0.15, -0.1) is 0 Å². The topological polar surface area (TPSA) is 105 Å². The lowest BCUT2D eigenvalue weighted by Crippen LogP contribution is -2.49. The molecule has 4 heterocycles. The maximum absolute atomic E-state index is 13.3. The highest BCUT2D eigenvalue weighted by molar-refractivity contribution is 7.89. The van der Waals surface area contributed by atoms with Gasteiger partial charge in [0.05, 0.1) is 24.9 Å². The number of morpholine rings is 1. The molecule has 10 nitrogen and oxygen atoms in total. The zero-order valence-corrected chi connectivity index (χ0v) is 18.8. The van der Waals surface area contributed by atoms with Crippen molar-refractivity contribution in [2.75, 3.05) is 62.3 Å². The number of hydrogen-bond acceptors (Lipinski definition) is 10. The summed E-state index contributed by atoms with van der Waals surface area (Å²) >= 11 is 1.02. The number of rotatable bonds is 4. The fraction of sp³-hybridized carbons (Fsp3) is 0.474. The molecule has 3 aromatic rings. The second kappa shape index (κ2) is 8.26. The quantitative estimate of drug-likeness (QED) is 0.565. The van der Waals surface area contributed by atoms with Crippen LogP contribution in [0.25, 0.3) is 11.0 Å². The summed E-state index contributed by atoms with van der Waals surface area (Å²) in [7, 11) is -3.64. The van der Waals surface area contributed by atoms with E-state index >= 15 is 0 Å². The van der Waals surface area contributed by atoms with Crippen LogP contribution in [0.2, 0.25) is 0 Å². The molecular weight excluding hydrogens is 438 g/mol. The van der Waals surface area contributed by atoms with E-state index in [9.17, 15) is 8.42 Å². The summed E-state index contributed by atoms with van der Waals surface area (Å²) < 4.78 is 41.8. The highest BCUT2D eigenvalue weighted by Gasteiger charge is 2.31. The van der Waals surface area contributed by atoms with Crippen LogP contribution in [0.15, 0.2) is 29.2 Å². The lowest BCUT2D eigenvalue weighted by molar-refractivity contribution is 0.122. The van der Waals surface area contributed by atoms with Crippen LogP contribution in [0, 0.1) is 6.92 Å². The van der Waals surface area contributed by atoms with Crippen molar-refractivity contribution in [3.05, 3.63) is 30.1 Å². The normalized spacial score (nSPS) is 18.6. The third kappa shape index (κ3) is 3.95. The summed E-state index contributed by atoms with van der Waals surface area (Å²) in [6, 6.07) is 7.08. The van der Waals surface area contributed by atoms with Crippen LogP contribution in [0.1, 0.15) is 5.82 Å². The molecule has 0 bridgehead atoms. The van der Waals surface area contributed by atoms with E-state index in [1.807, 2.05) is 13.0 Å². The van der Waals surface area contributed by atoms with E-state index in [1.165, 1.54) is 4.31 Å². The lowest BCUT2D eigenvalue weighted by atomic mass is 10.3. The molecule has 0 spiro atoms. The third-order valence-corrected chi connectivity index (χ3v) is 8.05. The number of hydrogen-bond donors (Lipinski definition) is 0. The van der Waals surface area contributed by atoms with E-state index in [0.29, 0.717) is 56.3 Å². The van der Waals surface area contributed by atoms with Crippen molar-refractivity contribution < 1.29 is 13.2 Å². The monoisotopic (exact) mass is 461 g/mol. The number of fused-ring (bicyclic) bond motifs is 1. The fourth-order valence-electron chi connectivity index (χ4n) is 3.94. The minimum absolute atomic E-state index is 0.222. The van der Waals surface area contributed by atoms with Gasteiger partial charge in [-0.3, -0.25) is 0 Å². The van der Waals surface area contributed by atoms with Gasteiger partial charge in [0.25, 0.3) is 0 Å². The minimum Gasteiger partial charge on any atom is -0.378 e. The van der Waals surface area contributed by atoms with Gasteiger partial charge in [0.15, 0.2) is 0 Å². The summed E-state index contributed by atoms with van der Waals surface area (Å²) in [6.45, 7) is 6.76. The lowest BCUT2D eigenvalue weighted by Gasteiger charge is -2.35. The van der Waals surface area contributed by atoms with Crippen molar-refractivity contribution in [2.45, 2.75) is 11.8 Å². The van der Waals surface area contributed by atoms with E-state index in [-0.39, 0.29) is 4.90 Å². The Morgan fingerprint density at radius 2 is 1.61 bits per heavy atom. The molecule has 2 fully saturated rings. The molecule has 0 aliphatic carbocycles. The fourth-order valence-corrected chi connectivity index (χ4v) is 6.11. The Bertz CT molecular complexity index is 1190. The molecule has 0 amide bonds. The second-order valence-corrected chi connectivity index (χ2v) is 9.95. The molecule has 2 aromatic heterocycles. The standard InChI is InChI=1S/C19H23N7O3S2/c1-14-20-17(13-18(21-14)25-9-11-29-12-10-25)24-5-7-26(8-6-24)31(27,28)16-4-2-3-15-19(16)23-30-22-15/h2-4,13H,5-12H2,1H3. The number of aromatic nitrogens is 4. The first-order chi connectivity index (χ1) is 15.0. The van der Waals surface area contributed by atoms with E-state index in [2.05, 4.69) is 28.5 Å². The predicted molar refractivity (Wildman–Crippen MR) is 118 cm³/mol. The molecule has 2 saturated heterocycles. The van der Waals surface area contributed by atoms with Gasteiger partial charge < -0.3 is 14.5 Å². The zero-order valence-electron chi connectivity index (χ0n) is 17.1. The number of benzene rings is 1. The molecule has 0 unspecified atom stereocenters. The highest BCUT2D eigenvalue weighted by atomic mass is 32.2. The number of aryl methyl sites for hydroxylation is 1. The van der Waals surface area contributed by atoms with Gasteiger partial charge in [-0.2, -0.15) is 13.1 Å². The Kier molecular flexibility index (Phi) is 5.46. The molecule has 5 rings (SSSR count). The first-order valence-electron chi connectivity index (χ1n) is 10.2. The molecule has 0 saturated carbocycles. The van der Waals surface area contributed by atoms with E-state index in [0.717, 1.165) is 36.5 Å². The first kappa shape index (κ1) is 20.5. The van der Waals surface area contributed by atoms with Gasteiger partial charge in [0, 0.05) is 45.3 Å². The zero-order chi connectivity index (χ0) is 21.4. The van der Waals surface area contributed by atoms with Crippen molar-refractivity contribution >= 4 is 44.4 Å². The van der Waals surface area contributed by atoms with Crippen LogP contribution in [-0.2, 0) is 14.8 Å². The van der Waals surface area contributed by atoms with Crippen molar-refractivity contribution in [2.24, 2.45) is 0 Å². The number of ether oxygens (including phenoxy) is 1. The molecule has 0 atom stereocenters. The average molecular weight is 462 g/mol. The Hall–Kier alpha value is -2.41. The third-order valence-electron chi connectivity index (χ3n) is 5.58. The maximum Gasteiger partial charge on any atom is 0.245 e. The van der Waals surface area contributed by atoms with Crippen molar-refractivity contribution in [3.63, 3.8) is 0 Å². The van der Waals surface area contributed by atoms with Crippen molar-refractivity contribution in [1.82, 2.24) is 23.0 Å². The number of sulfonamides is 1. The molecule has 2 aliphatic heterocycles. The van der Waals surface area contributed by atoms with E-state index < -0.39 is 10.0 Å². The van der Waals surface area contributed by atoms with Gasteiger partial charge in [-0.1, -0.05) is 6.07 Å². The van der Waals surface area contributed by atoms with Crippen molar-refractivity contribution in [1.29, 1.82) is 0 Å². The van der Waals surface area contributed by atoms with Crippen molar-refractivity contribution in [3.8, 4) is 0 Å². The van der Waals surface area contributed by atoms with Gasteiger partial charge in [0.1, 0.15) is 33.4 Å². The molecule has 0 radical (unpaired) electrons. The summed E-state index contributed by atoms with van der Waals surface area (Å²) in [4.78, 5) is 13.7. The van der Waals surface area contributed by atoms with Crippen LogP contribution in [-0.4, -0.2) is 83.9 Å². The Morgan fingerprint density at radius 1 is 0.935 bits per heavy atom. The number of piperazine rings is 1. The second-order valence-electron chi connectivity index (χ2n) is 7.51. The molecule has 164 valence electrons. The Balaban J connectivity index is 1.33. The molecule has 31 heavy (non-hydrogen) atoms. The number of anilines is 2. The van der Waals surface area contributed by atoms with Crippen LogP contribution < -0.4 is 9.80 Å². The SMILES string of the molecule is Cc1nc(N2CCOCC2)cc(N2CCN(S(=O)(=O)c3cccc4nsnc34)CC2)n1. The average Bonchev–Trinajstić information content (AvgIpc) is 3.28. The summed E-state index contributed by atoms with van der Waals surface area (Å²) in [5.74, 6) is 2.43. The minimum atomic E-state index is -3.64. The first-order valence-corrected chi connectivity index (χ1v) is 12.3. The van der Waals surface area contributed by atoms with E-state index in [4.69, 9.17) is 4.74 Å². The Labute approximate surface area is 184 Å². The van der Waals surface area contributed by atoms with Crippen LogP contribution in [0.3, 0.4) is 0 Å². The van der Waals surface area contributed by atoms with Gasteiger partial charge >= 0.3 is 0 Å². The maximum atomic E-state index is 13.3. The molecule has 1 aromatic carbocycles. The Morgan fingerprint density at radius 3 is 2.32 bits per heavy atom. The smallest absolute Gasteiger partial charge is 0.245 e. The summed E-state index contributed by atoms with van der Waals surface area (Å²) in [5, 5.41) is 0. The predicted octanol–water partition coefficient (Wildman–Crippen LogP) is 1.14. The molecule has 0 N–H and O–H groups in total. The molecular formula is C19H23N7O3S2. The summed E-state index contributed by atoms with van der Waals surface area (Å²) in [6.07, 6.45) is 0. The molecule has 2 aliphatic rings. The van der Waals surface area contributed by atoms with Crippen LogP contribution in [0.4, 0.5) is 11.6 Å². The van der Waals surface area contributed by atoms with Crippen LogP contribution in [0.5, 0.6) is 0 Å². The van der Waals surface area contributed by atoms with Gasteiger partial charge in [-0.05, 0) is 19.1 Å². The van der Waals surface area contributed by atoms with Crippen LogP contribution >= 0.6 is 11.7 Å². The van der Waals surface area contributed by atoms with E-state index in [1.54, 1.807) is 18.2 Å². The highest BCUT2D eigenvalue weighted by Crippen LogP contribution is 2.27. The summed E-state index contributed by atoms with van der Waals surface area (Å²) in [5.41, 5.74) is 1.05. The number of nitrogens with zero attached hydrogens (tertiary/aromatic N) is 7. The molecule has 12 heteroatoms. The van der Waals surface area contributed by atoms with Gasteiger partial charge in [0.2, 0.25) is 10.0 Å². The van der Waals surface area contributed by atoms with Gasteiger partial charge in [-0.25, -0.2) is 18.4 Å².